The molecule has 1 amide bonds. The molecule has 0 spiro atoms. The van der Waals surface area contributed by atoms with Gasteiger partial charge in [-0.1, -0.05) is 32.0 Å². The Hall–Kier alpha value is -2.27. The van der Waals surface area contributed by atoms with Gasteiger partial charge in [0, 0.05) is 11.8 Å². The van der Waals surface area contributed by atoms with E-state index in [2.05, 4.69) is 29.1 Å². The highest BCUT2D eigenvalue weighted by Crippen LogP contribution is 2.22. The predicted molar refractivity (Wildman–Crippen MR) is 95.1 cm³/mol. The van der Waals surface area contributed by atoms with E-state index in [1.54, 1.807) is 0 Å². The lowest BCUT2D eigenvalue weighted by molar-refractivity contribution is 0.102. The molecule has 23 heavy (non-hydrogen) atoms. The van der Waals surface area contributed by atoms with Gasteiger partial charge in [0.2, 0.25) is 0 Å². The number of hydrogen-bond acceptors (Lipinski definition) is 4. The summed E-state index contributed by atoms with van der Waals surface area (Å²) in [7, 11) is 0. The number of thiazole rings is 1. The average molecular weight is 325 g/mol. The molecule has 0 saturated carbocycles. The quantitative estimate of drug-likeness (QED) is 0.771. The van der Waals surface area contributed by atoms with Gasteiger partial charge in [0.05, 0.1) is 16.2 Å². The van der Waals surface area contributed by atoms with Crippen molar-refractivity contribution in [3.8, 4) is 0 Å². The maximum Gasteiger partial charge on any atom is 0.268 e. The molecule has 2 heterocycles. The molecule has 0 unspecified atom stereocenters. The van der Waals surface area contributed by atoms with Crippen LogP contribution in [-0.4, -0.2) is 15.9 Å². The van der Waals surface area contributed by atoms with E-state index >= 15 is 0 Å². The predicted octanol–water partition coefficient (Wildman–Crippen LogP) is 4.45. The van der Waals surface area contributed by atoms with Crippen LogP contribution in [0.15, 0.2) is 36.4 Å². The summed E-state index contributed by atoms with van der Waals surface area (Å²) in [4.78, 5) is 22.1. The number of nitrogens with one attached hydrogen (secondary N) is 1. The zero-order valence-electron chi connectivity index (χ0n) is 13.5. The summed E-state index contributed by atoms with van der Waals surface area (Å²) < 4.78 is 0. The number of carbonyl (C=O) groups is 1. The molecule has 1 N–H and O–H groups in total. The summed E-state index contributed by atoms with van der Waals surface area (Å²) in [5, 5.41) is 4.94. The molecule has 0 radical (unpaired) electrons. The van der Waals surface area contributed by atoms with Gasteiger partial charge in [-0.05, 0) is 31.0 Å². The van der Waals surface area contributed by atoms with E-state index < -0.39 is 0 Å². The van der Waals surface area contributed by atoms with Gasteiger partial charge in [-0.25, -0.2) is 9.97 Å². The lowest BCUT2D eigenvalue weighted by atomic mass is 10.1. The van der Waals surface area contributed by atoms with Gasteiger partial charge in [0.15, 0.2) is 0 Å². The molecule has 4 nitrogen and oxygen atoms in total. The molecule has 3 rings (SSSR count). The number of anilines is 1. The van der Waals surface area contributed by atoms with E-state index in [-0.39, 0.29) is 5.91 Å². The number of fused-ring (bicyclic) bond motifs is 1. The van der Waals surface area contributed by atoms with Crippen molar-refractivity contribution in [1.29, 1.82) is 0 Å². The van der Waals surface area contributed by atoms with Crippen molar-refractivity contribution in [1.82, 2.24) is 9.97 Å². The highest BCUT2D eigenvalue weighted by molar-refractivity contribution is 7.13. The van der Waals surface area contributed by atoms with Crippen LogP contribution in [0.2, 0.25) is 0 Å². The Kier molecular flexibility index (Phi) is 4.39. The Balaban J connectivity index is 1.81. The van der Waals surface area contributed by atoms with Crippen molar-refractivity contribution in [2.75, 3.05) is 5.32 Å². The molecule has 2 aromatic heterocycles. The molecular formula is C18H19N3OS. The fraction of sp³-hybridized carbons (Fsp3) is 0.278. The Labute approximate surface area is 139 Å². The number of aromatic nitrogens is 2. The third kappa shape index (κ3) is 3.56. The second-order valence-corrected chi connectivity index (χ2v) is 7.05. The number of rotatable bonds is 4. The standard InChI is InChI=1S/C18H19N3OS/c1-11(2)10-16-19-12(3)17(23-16)18(22)21-15-9-8-13-6-4-5-7-14(13)20-15/h4-9,11H,10H2,1-3H3,(H,20,21,22). The van der Waals surface area contributed by atoms with E-state index in [4.69, 9.17) is 0 Å². The minimum atomic E-state index is -0.141. The Morgan fingerprint density at radius 3 is 2.74 bits per heavy atom. The average Bonchev–Trinajstić information content (AvgIpc) is 2.87. The molecule has 0 aliphatic rings. The molecule has 0 bridgehead atoms. The molecule has 0 atom stereocenters. The third-order valence-corrected chi connectivity index (χ3v) is 4.65. The molecule has 0 fully saturated rings. The van der Waals surface area contributed by atoms with Gasteiger partial charge in [0.1, 0.15) is 10.7 Å². The van der Waals surface area contributed by atoms with Gasteiger partial charge in [-0.2, -0.15) is 0 Å². The second kappa shape index (κ2) is 6.46. The van der Waals surface area contributed by atoms with Crippen molar-refractivity contribution < 1.29 is 4.79 Å². The number of nitrogens with zero attached hydrogens (tertiary/aromatic N) is 2. The third-order valence-electron chi connectivity index (χ3n) is 3.47. The highest BCUT2D eigenvalue weighted by atomic mass is 32.1. The first-order valence-electron chi connectivity index (χ1n) is 7.66. The maximum absolute atomic E-state index is 12.5. The topological polar surface area (TPSA) is 54.9 Å². The smallest absolute Gasteiger partial charge is 0.268 e. The monoisotopic (exact) mass is 325 g/mol. The second-order valence-electron chi connectivity index (χ2n) is 5.96. The zero-order valence-corrected chi connectivity index (χ0v) is 14.3. The zero-order chi connectivity index (χ0) is 16.4. The number of benzene rings is 1. The summed E-state index contributed by atoms with van der Waals surface area (Å²) in [6.07, 6.45) is 0.896. The van der Waals surface area contributed by atoms with Gasteiger partial charge in [-0.15, -0.1) is 11.3 Å². The number of hydrogen-bond donors (Lipinski definition) is 1. The van der Waals surface area contributed by atoms with Gasteiger partial charge in [-0.3, -0.25) is 4.79 Å². The van der Waals surface area contributed by atoms with Crippen LogP contribution in [0.4, 0.5) is 5.82 Å². The fourth-order valence-corrected chi connectivity index (χ4v) is 3.58. The summed E-state index contributed by atoms with van der Waals surface area (Å²) in [6.45, 7) is 6.17. The van der Waals surface area contributed by atoms with Gasteiger partial charge >= 0.3 is 0 Å². The maximum atomic E-state index is 12.5. The van der Waals surface area contributed by atoms with Crippen molar-refractivity contribution in [2.24, 2.45) is 5.92 Å². The summed E-state index contributed by atoms with van der Waals surface area (Å²) in [5.41, 5.74) is 1.65. The van der Waals surface area contributed by atoms with Crippen LogP contribution in [0.5, 0.6) is 0 Å². The van der Waals surface area contributed by atoms with Crippen molar-refractivity contribution in [3.05, 3.63) is 52.0 Å². The molecule has 3 aromatic rings. The van der Waals surface area contributed by atoms with E-state index in [0.29, 0.717) is 16.6 Å². The molecule has 0 aliphatic heterocycles. The first kappa shape index (κ1) is 15.6. The van der Waals surface area contributed by atoms with Crippen LogP contribution in [0, 0.1) is 12.8 Å². The van der Waals surface area contributed by atoms with Crippen LogP contribution < -0.4 is 5.32 Å². The van der Waals surface area contributed by atoms with Crippen molar-refractivity contribution >= 4 is 34.0 Å². The lowest BCUT2D eigenvalue weighted by Gasteiger charge is -2.04. The number of carbonyl (C=O) groups excluding carboxylic acids is 1. The van der Waals surface area contributed by atoms with Crippen LogP contribution in [0.1, 0.15) is 34.2 Å². The highest BCUT2D eigenvalue weighted by Gasteiger charge is 2.16. The van der Waals surface area contributed by atoms with Crippen LogP contribution in [-0.2, 0) is 6.42 Å². The first-order chi connectivity index (χ1) is 11.0. The SMILES string of the molecule is Cc1nc(CC(C)C)sc1C(=O)Nc1ccc2ccccc2n1. The first-order valence-corrected chi connectivity index (χ1v) is 8.48. The largest absolute Gasteiger partial charge is 0.306 e. The molecule has 0 saturated heterocycles. The van der Waals surface area contributed by atoms with E-state index in [0.717, 1.165) is 28.0 Å². The van der Waals surface area contributed by atoms with Crippen LogP contribution in [0.3, 0.4) is 0 Å². The number of pyridine rings is 1. The summed E-state index contributed by atoms with van der Waals surface area (Å²) >= 11 is 1.47. The summed E-state index contributed by atoms with van der Waals surface area (Å²) in [6, 6.07) is 11.6. The Bertz CT molecular complexity index is 854. The summed E-state index contributed by atoms with van der Waals surface area (Å²) in [5.74, 6) is 0.948. The van der Waals surface area contributed by atoms with Crippen molar-refractivity contribution in [3.63, 3.8) is 0 Å². The molecule has 0 aliphatic carbocycles. The number of aryl methyl sites for hydroxylation is 1. The molecule has 118 valence electrons. The van der Waals surface area contributed by atoms with Crippen LogP contribution in [0.25, 0.3) is 10.9 Å². The minimum absolute atomic E-state index is 0.141. The van der Waals surface area contributed by atoms with E-state index in [1.165, 1.54) is 11.3 Å². The Morgan fingerprint density at radius 1 is 1.17 bits per heavy atom. The molecular weight excluding hydrogens is 306 g/mol. The minimum Gasteiger partial charge on any atom is -0.306 e. The molecule has 5 heteroatoms. The molecule has 1 aromatic carbocycles. The van der Waals surface area contributed by atoms with Crippen LogP contribution >= 0.6 is 11.3 Å². The van der Waals surface area contributed by atoms with Gasteiger partial charge < -0.3 is 5.32 Å². The van der Waals surface area contributed by atoms with Crippen molar-refractivity contribution in [2.45, 2.75) is 27.2 Å². The van der Waals surface area contributed by atoms with E-state index in [9.17, 15) is 4.79 Å². The Morgan fingerprint density at radius 2 is 1.96 bits per heavy atom. The number of amides is 1. The lowest BCUT2D eigenvalue weighted by Crippen LogP contribution is -2.12. The van der Waals surface area contributed by atoms with E-state index in [1.807, 2.05) is 43.3 Å². The normalized spacial score (nSPS) is 11.1. The fourth-order valence-electron chi connectivity index (χ4n) is 2.41. The van der Waals surface area contributed by atoms with Gasteiger partial charge in [0.25, 0.3) is 5.91 Å². The number of para-hydroxylation sites is 1.